The largest absolute Gasteiger partial charge is 0.444 e. The highest BCUT2D eigenvalue weighted by molar-refractivity contribution is 9.10. The number of amides is 1. The van der Waals surface area contributed by atoms with Gasteiger partial charge in [0.1, 0.15) is 5.60 Å². The monoisotopic (exact) mass is 511 g/mol. The van der Waals surface area contributed by atoms with Crippen LogP contribution in [-0.2, 0) is 16.7 Å². The van der Waals surface area contributed by atoms with Gasteiger partial charge in [0.25, 0.3) is 0 Å². The summed E-state index contributed by atoms with van der Waals surface area (Å²) in [5, 5.41) is 0. The minimum absolute atomic E-state index is 0.128. The highest BCUT2D eigenvalue weighted by Gasteiger charge is 2.57. The maximum atomic E-state index is 13.3. The van der Waals surface area contributed by atoms with Crippen LogP contribution in [0.25, 0.3) is 0 Å². The van der Waals surface area contributed by atoms with E-state index < -0.39 is 5.60 Å². The van der Waals surface area contributed by atoms with E-state index in [-0.39, 0.29) is 17.6 Å². The second-order valence-electron chi connectivity index (χ2n) is 9.84. The Balaban J connectivity index is 0.00000149. The second kappa shape index (κ2) is 10.5. The van der Waals surface area contributed by atoms with Crippen molar-refractivity contribution >= 4 is 22.0 Å². The number of rotatable bonds is 4. The standard InChI is InChI=1S/C27H32BrNO2.C2H6/c1-5-23-22-17-27(23,20-11-13-21(28)14-12-20)16-15-24(22)29(25(30)31-26(2,3)4)18-19-9-7-6-8-10-19;1-2/h5-14,22,24H,15-18H2,1-4H3;1-2H3/b23-5-;. The Hall–Kier alpha value is -2.07. The summed E-state index contributed by atoms with van der Waals surface area (Å²) < 4.78 is 6.95. The molecule has 0 N–H and O–H groups in total. The van der Waals surface area contributed by atoms with Crippen molar-refractivity contribution in [1.29, 1.82) is 0 Å². The molecule has 3 nitrogen and oxygen atoms in total. The Morgan fingerprint density at radius 3 is 2.30 bits per heavy atom. The minimum atomic E-state index is -0.509. The van der Waals surface area contributed by atoms with Gasteiger partial charge in [0, 0.05) is 28.4 Å². The van der Waals surface area contributed by atoms with E-state index in [1.165, 1.54) is 11.1 Å². The summed E-state index contributed by atoms with van der Waals surface area (Å²) in [6.07, 6.45) is 5.22. The molecule has 2 aromatic rings. The third-order valence-corrected chi connectivity index (χ3v) is 7.31. The van der Waals surface area contributed by atoms with Gasteiger partial charge in [-0.05, 0) is 70.2 Å². The van der Waals surface area contributed by atoms with E-state index in [4.69, 9.17) is 4.74 Å². The van der Waals surface area contributed by atoms with E-state index in [0.29, 0.717) is 12.5 Å². The molecule has 3 saturated carbocycles. The second-order valence-corrected chi connectivity index (χ2v) is 10.8. The molecule has 0 saturated heterocycles. The summed E-state index contributed by atoms with van der Waals surface area (Å²) in [5.74, 6) is 0.388. The van der Waals surface area contributed by atoms with Crippen molar-refractivity contribution in [1.82, 2.24) is 4.90 Å². The number of nitrogens with zero attached hydrogens (tertiary/aromatic N) is 1. The molecule has 0 spiro atoms. The lowest BCUT2D eigenvalue weighted by Gasteiger charge is -2.60. The Morgan fingerprint density at radius 2 is 1.76 bits per heavy atom. The van der Waals surface area contributed by atoms with Crippen molar-refractivity contribution in [2.75, 3.05) is 0 Å². The minimum Gasteiger partial charge on any atom is -0.444 e. The zero-order valence-electron chi connectivity index (χ0n) is 20.9. The van der Waals surface area contributed by atoms with Crippen molar-refractivity contribution in [2.24, 2.45) is 5.92 Å². The van der Waals surface area contributed by atoms with E-state index in [2.05, 4.69) is 65.3 Å². The van der Waals surface area contributed by atoms with E-state index in [1.807, 2.05) is 57.7 Å². The van der Waals surface area contributed by atoms with Gasteiger partial charge in [-0.2, -0.15) is 0 Å². The van der Waals surface area contributed by atoms with Gasteiger partial charge in [0.15, 0.2) is 0 Å². The van der Waals surface area contributed by atoms with Gasteiger partial charge in [0.05, 0.1) is 0 Å². The summed E-state index contributed by atoms with van der Waals surface area (Å²) >= 11 is 3.56. The summed E-state index contributed by atoms with van der Waals surface area (Å²) in [6, 6.07) is 19.2. The number of halogens is 1. The van der Waals surface area contributed by atoms with Crippen LogP contribution in [0.3, 0.4) is 0 Å². The number of hydrogen-bond donors (Lipinski definition) is 0. The van der Waals surface area contributed by atoms with Gasteiger partial charge in [-0.3, -0.25) is 0 Å². The van der Waals surface area contributed by atoms with Crippen LogP contribution >= 0.6 is 15.9 Å². The van der Waals surface area contributed by atoms with Crippen molar-refractivity contribution in [3.63, 3.8) is 0 Å². The predicted molar refractivity (Wildman–Crippen MR) is 140 cm³/mol. The number of allylic oxidation sites excluding steroid dienone is 1. The van der Waals surface area contributed by atoms with Crippen LogP contribution in [0, 0.1) is 5.92 Å². The fraction of sp³-hybridized carbons (Fsp3) is 0.483. The number of carbonyl (C=O) groups excluding carboxylic acids is 1. The lowest BCUT2D eigenvalue weighted by molar-refractivity contribution is -0.0139. The van der Waals surface area contributed by atoms with Crippen LogP contribution in [-0.4, -0.2) is 22.6 Å². The average Bonchev–Trinajstić information content (AvgIpc) is 2.79. The molecule has 3 aliphatic carbocycles. The lowest BCUT2D eigenvalue weighted by atomic mass is 9.46. The van der Waals surface area contributed by atoms with Crippen molar-refractivity contribution in [3.8, 4) is 0 Å². The fourth-order valence-corrected chi connectivity index (χ4v) is 5.76. The number of fused-ring (bicyclic) bond motifs is 2. The average molecular weight is 513 g/mol. The maximum Gasteiger partial charge on any atom is 0.410 e. The molecule has 5 rings (SSSR count). The number of carbonyl (C=O) groups is 1. The molecule has 4 heteroatoms. The van der Waals surface area contributed by atoms with Crippen LogP contribution < -0.4 is 0 Å². The molecule has 2 bridgehead atoms. The van der Waals surface area contributed by atoms with Crippen molar-refractivity contribution < 1.29 is 9.53 Å². The summed E-state index contributed by atoms with van der Waals surface area (Å²) in [4.78, 5) is 15.3. The molecule has 0 aromatic heterocycles. The van der Waals surface area contributed by atoms with Gasteiger partial charge in [-0.1, -0.05) is 83.9 Å². The van der Waals surface area contributed by atoms with Gasteiger partial charge >= 0.3 is 6.09 Å². The van der Waals surface area contributed by atoms with Crippen LogP contribution in [0.15, 0.2) is 70.7 Å². The molecule has 2 aromatic carbocycles. The molecule has 0 aliphatic heterocycles. The maximum absolute atomic E-state index is 13.3. The zero-order valence-corrected chi connectivity index (χ0v) is 22.5. The number of hydrogen-bond acceptors (Lipinski definition) is 2. The van der Waals surface area contributed by atoms with Gasteiger partial charge < -0.3 is 9.64 Å². The van der Waals surface area contributed by atoms with Crippen molar-refractivity contribution in [3.05, 3.63) is 81.8 Å². The molecule has 1 amide bonds. The predicted octanol–water partition coefficient (Wildman–Crippen LogP) is 8.28. The van der Waals surface area contributed by atoms with E-state index >= 15 is 0 Å². The third-order valence-electron chi connectivity index (χ3n) is 6.78. The smallest absolute Gasteiger partial charge is 0.410 e. The first-order valence-corrected chi connectivity index (χ1v) is 13.0. The lowest BCUT2D eigenvalue weighted by Crippen LogP contribution is -2.60. The first-order chi connectivity index (χ1) is 15.7. The van der Waals surface area contributed by atoms with E-state index in [0.717, 1.165) is 29.3 Å². The number of ether oxygens (including phenoxy) is 1. The Kier molecular flexibility index (Phi) is 8.10. The molecule has 178 valence electrons. The zero-order chi connectivity index (χ0) is 24.2. The first-order valence-electron chi connectivity index (χ1n) is 12.2. The molecule has 33 heavy (non-hydrogen) atoms. The molecular formula is C29H38BrNO2. The Morgan fingerprint density at radius 1 is 1.12 bits per heavy atom. The molecule has 0 radical (unpaired) electrons. The quantitative estimate of drug-likeness (QED) is 0.386. The first kappa shape index (κ1) is 25.6. The summed E-state index contributed by atoms with van der Waals surface area (Å²) in [5.41, 5.74) is 3.63. The van der Waals surface area contributed by atoms with Crippen molar-refractivity contribution in [2.45, 2.75) is 84.4 Å². The van der Waals surface area contributed by atoms with Gasteiger partial charge in [-0.25, -0.2) is 4.79 Å². The van der Waals surface area contributed by atoms with Crippen LogP contribution in [0.2, 0.25) is 0 Å². The summed E-state index contributed by atoms with van der Waals surface area (Å²) in [6.45, 7) is 12.5. The topological polar surface area (TPSA) is 29.5 Å². The normalized spacial score (nSPS) is 24.9. The molecule has 0 heterocycles. The summed E-state index contributed by atoms with van der Waals surface area (Å²) in [7, 11) is 0. The van der Waals surface area contributed by atoms with Crippen LogP contribution in [0.5, 0.6) is 0 Å². The number of benzene rings is 2. The SMILES string of the molecule is C/C=C1/C2CC1(c1ccc(Br)cc1)CCC2N(Cc1ccccc1)C(=O)OC(C)(C)C.CC. The fourth-order valence-electron chi connectivity index (χ4n) is 5.49. The highest BCUT2D eigenvalue weighted by Crippen LogP contribution is 2.61. The van der Waals surface area contributed by atoms with E-state index in [9.17, 15) is 4.79 Å². The van der Waals surface area contributed by atoms with Gasteiger partial charge in [0.2, 0.25) is 0 Å². The van der Waals surface area contributed by atoms with Crippen LogP contribution in [0.4, 0.5) is 4.79 Å². The van der Waals surface area contributed by atoms with E-state index in [1.54, 1.807) is 0 Å². The highest BCUT2D eigenvalue weighted by atomic mass is 79.9. The molecule has 3 fully saturated rings. The van der Waals surface area contributed by atoms with Gasteiger partial charge in [-0.15, -0.1) is 0 Å². The Labute approximate surface area is 208 Å². The Bertz CT molecular complexity index is 957. The van der Waals surface area contributed by atoms with Crippen LogP contribution in [0.1, 0.15) is 71.9 Å². The molecule has 3 unspecified atom stereocenters. The molecule has 3 atom stereocenters. The third kappa shape index (κ3) is 5.37. The molecule has 3 aliphatic rings. The molecular weight excluding hydrogens is 474 g/mol.